The molecule has 0 saturated heterocycles. The molecule has 112 valence electrons. The van der Waals surface area contributed by atoms with Crippen molar-refractivity contribution in [2.24, 2.45) is 16.7 Å². The van der Waals surface area contributed by atoms with Crippen LogP contribution in [0.15, 0.2) is 23.1 Å². The summed E-state index contributed by atoms with van der Waals surface area (Å²) in [5, 5.41) is 0.912. The second-order valence-electron chi connectivity index (χ2n) is 7.10. The molecule has 1 unspecified atom stereocenters. The van der Waals surface area contributed by atoms with Crippen LogP contribution in [0.5, 0.6) is 0 Å². The van der Waals surface area contributed by atoms with E-state index in [1.807, 2.05) is 0 Å². The lowest BCUT2D eigenvalue weighted by Gasteiger charge is -2.70. The van der Waals surface area contributed by atoms with Crippen LogP contribution in [0.3, 0.4) is 0 Å². The van der Waals surface area contributed by atoms with Crippen LogP contribution in [-0.2, 0) is 15.6 Å². The van der Waals surface area contributed by atoms with Crippen molar-refractivity contribution in [1.82, 2.24) is 0 Å². The number of rotatable bonds is 4. The fourth-order valence-corrected chi connectivity index (χ4v) is 6.85. The summed E-state index contributed by atoms with van der Waals surface area (Å²) in [6, 6.07) is 4.90. The van der Waals surface area contributed by atoms with Crippen LogP contribution in [0.4, 0.5) is 0 Å². The number of benzene rings is 1. The summed E-state index contributed by atoms with van der Waals surface area (Å²) in [7, 11) is -1.40. The molecule has 5 fully saturated rings. The maximum absolute atomic E-state index is 12.6. The monoisotopic (exact) mass is 342 g/mol. The van der Waals surface area contributed by atoms with Crippen LogP contribution in [0, 0.1) is 16.7 Å². The van der Waals surface area contributed by atoms with Gasteiger partial charge in [0.2, 0.25) is 0 Å². The Morgan fingerprint density at radius 1 is 1.24 bits per heavy atom. The van der Waals surface area contributed by atoms with Crippen molar-refractivity contribution in [1.29, 1.82) is 0 Å². The minimum atomic E-state index is -1.40. The Hall–Kier alpha value is -0.380. The predicted octanol–water partition coefficient (Wildman–Crippen LogP) is 4.25. The third-order valence-electron chi connectivity index (χ3n) is 5.54. The van der Waals surface area contributed by atoms with Gasteiger partial charge in [0.05, 0.1) is 26.5 Å². The molecule has 21 heavy (non-hydrogen) atoms. The Labute approximate surface area is 136 Å². The second kappa shape index (κ2) is 4.56. The van der Waals surface area contributed by atoms with Crippen LogP contribution in [0.25, 0.3) is 0 Å². The van der Waals surface area contributed by atoms with E-state index < -0.39 is 10.8 Å². The molecule has 0 heterocycles. The van der Waals surface area contributed by atoms with Crippen molar-refractivity contribution in [3.63, 3.8) is 0 Å². The lowest BCUT2D eigenvalue weighted by Crippen LogP contribution is -2.64. The molecule has 1 aromatic rings. The molecular formula is C16H16Cl2O2S. The Bertz CT molecular complexity index is 651. The summed E-state index contributed by atoms with van der Waals surface area (Å²) in [4.78, 5) is 13.1. The topological polar surface area (TPSA) is 34.1 Å². The minimum Gasteiger partial charge on any atom is -0.298 e. The van der Waals surface area contributed by atoms with Crippen molar-refractivity contribution in [3.8, 4) is 0 Å². The average molecular weight is 343 g/mol. The van der Waals surface area contributed by atoms with Crippen LogP contribution in [-0.4, -0.2) is 15.7 Å². The lowest BCUT2D eigenvalue weighted by atomic mass is 9.33. The third-order valence-corrected chi connectivity index (χ3v) is 7.57. The van der Waals surface area contributed by atoms with Crippen molar-refractivity contribution in [3.05, 3.63) is 28.2 Å². The van der Waals surface area contributed by atoms with Gasteiger partial charge in [-0.1, -0.05) is 23.2 Å². The molecule has 0 aromatic heterocycles. The first-order chi connectivity index (χ1) is 9.91. The van der Waals surface area contributed by atoms with Gasteiger partial charge in [0.1, 0.15) is 0 Å². The number of Topliss-reactive ketones (excluding diaryl/α,β-unsaturated/α-hetero) is 1. The largest absolute Gasteiger partial charge is 0.298 e. The normalized spacial score (nSPS) is 37.3. The van der Waals surface area contributed by atoms with Crippen molar-refractivity contribution in [2.45, 2.75) is 37.0 Å². The molecule has 6 rings (SSSR count). The summed E-state index contributed by atoms with van der Waals surface area (Å²) < 4.78 is 12.5. The maximum Gasteiger partial charge on any atom is 0.151 e. The molecule has 0 amide bonds. The molecule has 5 heteroatoms. The third kappa shape index (κ3) is 2.12. The van der Waals surface area contributed by atoms with Gasteiger partial charge in [-0.05, 0) is 61.6 Å². The van der Waals surface area contributed by atoms with Crippen molar-refractivity contribution in [2.75, 3.05) is 5.75 Å². The second-order valence-corrected chi connectivity index (χ2v) is 9.36. The molecule has 0 aliphatic heterocycles. The first-order valence-corrected chi connectivity index (χ1v) is 9.36. The van der Waals surface area contributed by atoms with Crippen LogP contribution in [0.1, 0.15) is 32.1 Å². The number of hydrogen-bond donors (Lipinski definition) is 0. The van der Waals surface area contributed by atoms with Gasteiger partial charge in [-0.3, -0.25) is 9.00 Å². The van der Waals surface area contributed by atoms with Gasteiger partial charge in [-0.2, -0.15) is 0 Å². The highest BCUT2D eigenvalue weighted by atomic mass is 35.5. The highest BCUT2D eigenvalue weighted by Crippen LogP contribution is 2.75. The van der Waals surface area contributed by atoms with E-state index in [1.165, 1.54) is 12.8 Å². The van der Waals surface area contributed by atoms with E-state index in [0.29, 0.717) is 20.4 Å². The number of halogens is 2. The first kappa shape index (κ1) is 14.2. The van der Waals surface area contributed by atoms with Crippen molar-refractivity contribution >= 4 is 39.8 Å². The molecule has 5 aliphatic carbocycles. The number of ketones is 1. The van der Waals surface area contributed by atoms with E-state index >= 15 is 0 Å². The zero-order valence-electron chi connectivity index (χ0n) is 11.5. The molecule has 3 bridgehead atoms. The van der Waals surface area contributed by atoms with Gasteiger partial charge in [0.15, 0.2) is 5.78 Å². The van der Waals surface area contributed by atoms with E-state index in [0.717, 1.165) is 25.2 Å². The zero-order chi connectivity index (χ0) is 14.8. The molecule has 5 saturated carbocycles. The van der Waals surface area contributed by atoms with Gasteiger partial charge in [-0.15, -0.1) is 0 Å². The molecule has 1 spiro atoms. The summed E-state index contributed by atoms with van der Waals surface area (Å²) in [6.07, 6.45) is 5.68. The summed E-state index contributed by atoms with van der Waals surface area (Å²) >= 11 is 12.0. The van der Waals surface area contributed by atoms with E-state index in [9.17, 15) is 9.00 Å². The number of carbonyl (C=O) groups excluding carboxylic acids is 1. The number of hydrogen-bond acceptors (Lipinski definition) is 2. The summed E-state index contributed by atoms with van der Waals surface area (Å²) in [6.45, 7) is 0. The Morgan fingerprint density at radius 2 is 1.95 bits per heavy atom. The Morgan fingerprint density at radius 3 is 2.57 bits per heavy atom. The van der Waals surface area contributed by atoms with Gasteiger partial charge in [-0.25, -0.2) is 0 Å². The summed E-state index contributed by atoms with van der Waals surface area (Å²) in [5.74, 6) is 0.972. The van der Waals surface area contributed by atoms with Gasteiger partial charge >= 0.3 is 0 Å². The molecule has 1 aromatic carbocycles. The van der Waals surface area contributed by atoms with E-state index in [2.05, 4.69) is 0 Å². The Balaban J connectivity index is 1.50. The highest BCUT2D eigenvalue weighted by Gasteiger charge is 2.68. The first-order valence-electron chi connectivity index (χ1n) is 7.28. The molecule has 2 nitrogen and oxygen atoms in total. The Kier molecular flexibility index (Phi) is 3.09. The molecule has 0 radical (unpaired) electrons. The lowest BCUT2D eigenvalue weighted by molar-refractivity contribution is -0.206. The average Bonchev–Trinajstić information content (AvgIpc) is 2.39. The molecule has 0 N–H and O–H groups in total. The predicted molar refractivity (Wildman–Crippen MR) is 84.2 cm³/mol. The smallest absolute Gasteiger partial charge is 0.151 e. The van der Waals surface area contributed by atoms with Crippen molar-refractivity contribution < 1.29 is 9.00 Å². The van der Waals surface area contributed by atoms with E-state index in [1.54, 1.807) is 18.2 Å². The molecular weight excluding hydrogens is 327 g/mol. The van der Waals surface area contributed by atoms with Gasteiger partial charge < -0.3 is 0 Å². The molecule has 5 aliphatic rings. The highest BCUT2D eigenvalue weighted by molar-refractivity contribution is 7.86. The standard InChI is InChI=1S/C16H16Cl2O2S/c17-11-1-2-12(18)13(3-11)21(20)7-14(19)16-6-10-4-15(5-10,8-16)9-16/h1-3,10H,4-9H2. The fourth-order valence-electron chi connectivity index (χ4n) is 4.99. The van der Waals surface area contributed by atoms with Crippen LogP contribution in [0.2, 0.25) is 10.0 Å². The fraction of sp³-hybridized carbons (Fsp3) is 0.562. The summed E-state index contributed by atoms with van der Waals surface area (Å²) in [5.41, 5.74) is 0.315. The SMILES string of the molecule is O=C(CS(=O)c1cc(Cl)ccc1Cl)C12CC3CC(C3)(C1)C2. The van der Waals surface area contributed by atoms with Gasteiger partial charge in [0, 0.05) is 10.4 Å². The maximum atomic E-state index is 12.6. The van der Waals surface area contributed by atoms with Crippen LogP contribution >= 0.6 is 23.2 Å². The van der Waals surface area contributed by atoms with E-state index in [-0.39, 0.29) is 17.0 Å². The zero-order valence-corrected chi connectivity index (χ0v) is 13.9. The quantitative estimate of drug-likeness (QED) is 0.819. The number of carbonyl (C=O) groups is 1. The van der Waals surface area contributed by atoms with Gasteiger partial charge in [0.25, 0.3) is 0 Å². The van der Waals surface area contributed by atoms with Crippen LogP contribution < -0.4 is 0 Å². The minimum absolute atomic E-state index is 0.0723. The van der Waals surface area contributed by atoms with E-state index in [4.69, 9.17) is 23.2 Å². The molecule has 1 atom stereocenters.